The molecule has 1 atom stereocenters. The summed E-state index contributed by atoms with van der Waals surface area (Å²) in [6, 6.07) is 4.68. The third-order valence-electron chi connectivity index (χ3n) is 2.95. The standard InChI is InChI=1S/C14H21N3O3/c1-10(2)17(9-11-5-3-4-8-16-11)14(20)12(15)6-7-13(18)19/h3-5,8,10,12H,6-7,9,15H2,1-2H3,(H,18,19). The van der Waals surface area contributed by atoms with E-state index in [1.54, 1.807) is 11.1 Å². The Morgan fingerprint density at radius 2 is 2.10 bits per heavy atom. The fourth-order valence-electron chi connectivity index (χ4n) is 1.80. The number of aromatic nitrogens is 1. The van der Waals surface area contributed by atoms with Crippen molar-refractivity contribution < 1.29 is 14.7 Å². The van der Waals surface area contributed by atoms with Crippen LogP contribution < -0.4 is 5.73 Å². The molecule has 0 bridgehead atoms. The number of nitrogens with zero attached hydrogens (tertiary/aromatic N) is 2. The number of hydrogen-bond donors (Lipinski definition) is 2. The Hall–Kier alpha value is -1.95. The molecule has 0 aliphatic rings. The molecular formula is C14H21N3O3. The number of carboxylic acids is 1. The van der Waals surface area contributed by atoms with Crippen molar-refractivity contribution in [2.45, 2.75) is 45.3 Å². The van der Waals surface area contributed by atoms with Gasteiger partial charge in [-0.25, -0.2) is 0 Å². The molecule has 0 spiro atoms. The summed E-state index contributed by atoms with van der Waals surface area (Å²) in [7, 11) is 0. The predicted octanol–water partition coefficient (Wildman–Crippen LogP) is 1.01. The van der Waals surface area contributed by atoms with Gasteiger partial charge in [-0.2, -0.15) is 0 Å². The summed E-state index contributed by atoms with van der Waals surface area (Å²) in [5, 5.41) is 8.64. The van der Waals surface area contributed by atoms with Crippen LogP contribution in [0.3, 0.4) is 0 Å². The van der Waals surface area contributed by atoms with Crippen LogP contribution in [0.1, 0.15) is 32.4 Å². The van der Waals surface area contributed by atoms with Crippen LogP contribution in [0, 0.1) is 0 Å². The van der Waals surface area contributed by atoms with Gasteiger partial charge in [0.25, 0.3) is 0 Å². The molecule has 0 fully saturated rings. The van der Waals surface area contributed by atoms with Crippen molar-refractivity contribution >= 4 is 11.9 Å². The van der Waals surface area contributed by atoms with Crippen LogP contribution in [0.4, 0.5) is 0 Å². The molecule has 1 heterocycles. The molecule has 6 nitrogen and oxygen atoms in total. The topological polar surface area (TPSA) is 96.5 Å². The molecule has 1 unspecified atom stereocenters. The highest BCUT2D eigenvalue weighted by Gasteiger charge is 2.24. The Morgan fingerprint density at radius 3 is 2.60 bits per heavy atom. The maximum atomic E-state index is 12.3. The second kappa shape index (κ2) is 7.59. The van der Waals surface area contributed by atoms with Gasteiger partial charge in [0.2, 0.25) is 5.91 Å². The SMILES string of the molecule is CC(C)N(Cc1ccccn1)C(=O)C(N)CCC(=O)O. The minimum atomic E-state index is -0.950. The molecule has 1 aromatic heterocycles. The molecule has 3 N–H and O–H groups in total. The molecule has 1 aromatic rings. The van der Waals surface area contributed by atoms with E-state index in [1.807, 2.05) is 32.0 Å². The number of pyridine rings is 1. The van der Waals surface area contributed by atoms with E-state index >= 15 is 0 Å². The molecule has 110 valence electrons. The van der Waals surface area contributed by atoms with Crippen LogP contribution in [0.15, 0.2) is 24.4 Å². The number of carboxylic acid groups (broad SMARTS) is 1. The van der Waals surface area contributed by atoms with Crippen LogP contribution in [0.2, 0.25) is 0 Å². The molecular weight excluding hydrogens is 258 g/mol. The second-order valence-electron chi connectivity index (χ2n) is 4.92. The number of nitrogens with two attached hydrogens (primary N) is 1. The van der Waals surface area contributed by atoms with E-state index in [9.17, 15) is 9.59 Å². The van der Waals surface area contributed by atoms with Crippen molar-refractivity contribution in [2.75, 3.05) is 0 Å². The van der Waals surface area contributed by atoms with Crippen molar-refractivity contribution in [3.05, 3.63) is 30.1 Å². The Balaban J connectivity index is 2.70. The van der Waals surface area contributed by atoms with Gasteiger partial charge in [-0.05, 0) is 32.4 Å². The first kappa shape index (κ1) is 16.1. The van der Waals surface area contributed by atoms with Crippen molar-refractivity contribution in [1.82, 2.24) is 9.88 Å². The lowest BCUT2D eigenvalue weighted by Crippen LogP contribution is -2.46. The van der Waals surface area contributed by atoms with Gasteiger partial charge in [-0.3, -0.25) is 14.6 Å². The fraction of sp³-hybridized carbons (Fsp3) is 0.500. The quantitative estimate of drug-likeness (QED) is 0.776. The van der Waals surface area contributed by atoms with Crippen LogP contribution in [-0.2, 0) is 16.1 Å². The summed E-state index contributed by atoms with van der Waals surface area (Å²) >= 11 is 0. The van der Waals surface area contributed by atoms with E-state index < -0.39 is 12.0 Å². The fourth-order valence-corrected chi connectivity index (χ4v) is 1.80. The number of amides is 1. The largest absolute Gasteiger partial charge is 0.481 e. The van der Waals surface area contributed by atoms with E-state index in [1.165, 1.54) is 0 Å². The van der Waals surface area contributed by atoms with Crippen molar-refractivity contribution in [3.8, 4) is 0 Å². The van der Waals surface area contributed by atoms with Crippen LogP contribution in [0.25, 0.3) is 0 Å². The van der Waals surface area contributed by atoms with Crippen molar-refractivity contribution in [2.24, 2.45) is 5.73 Å². The first-order valence-corrected chi connectivity index (χ1v) is 6.59. The molecule has 0 aromatic carbocycles. The van der Waals surface area contributed by atoms with Gasteiger partial charge < -0.3 is 15.7 Å². The lowest BCUT2D eigenvalue weighted by molar-refractivity contribution is -0.138. The number of hydrogen-bond acceptors (Lipinski definition) is 4. The Bertz CT molecular complexity index is 448. The van der Waals surface area contributed by atoms with Gasteiger partial charge in [0, 0.05) is 18.7 Å². The van der Waals surface area contributed by atoms with Gasteiger partial charge in [-0.1, -0.05) is 6.07 Å². The van der Waals surface area contributed by atoms with Gasteiger partial charge >= 0.3 is 5.97 Å². The van der Waals surface area contributed by atoms with Crippen molar-refractivity contribution in [1.29, 1.82) is 0 Å². The Morgan fingerprint density at radius 1 is 1.40 bits per heavy atom. The highest BCUT2D eigenvalue weighted by molar-refractivity contribution is 5.82. The summed E-state index contributed by atoms with van der Waals surface area (Å²) in [6.45, 7) is 4.16. The Labute approximate surface area is 118 Å². The second-order valence-corrected chi connectivity index (χ2v) is 4.92. The van der Waals surface area contributed by atoms with E-state index in [4.69, 9.17) is 10.8 Å². The van der Waals surface area contributed by atoms with Gasteiger partial charge in [0.1, 0.15) is 0 Å². The third kappa shape index (κ3) is 4.97. The smallest absolute Gasteiger partial charge is 0.303 e. The van der Waals surface area contributed by atoms with Crippen LogP contribution >= 0.6 is 0 Å². The maximum Gasteiger partial charge on any atom is 0.303 e. The first-order valence-electron chi connectivity index (χ1n) is 6.59. The maximum absolute atomic E-state index is 12.3. The van der Waals surface area contributed by atoms with Crippen LogP contribution in [0.5, 0.6) is 0 Å². The number of carbonyl (C=O) groups excluding carboxylic acids is 1. The Kier molecular flexibility index (Phi) is 6.11. The third-order valence-corrected chi connectivity index (χ3v) is 2.95. The summed E-state index contributed by atoms with van der Waals surface area (Å²) < 4.78 is 0. The number of carbonyl (C=O) groups is 2. The lowest BCUT2D eigenvalue weighted by atomic mass is 10.1. The zero-order valence-electron chi connectivity index (χ0n) is 11.8. The highest BCUT2D eigenvalue weighted by atomic mass is 16.4. The lowest BCUT2D eigenvalue weighted by Gasteiger charge is -2.29. The van der Waals surface area contributed by atoms with E-state index in [0.717, 1.165) is 5.69 Å². The van der Waals surface area contributed by atoms with Crippen molar-refractivity contribution in [3.63, 3.8) is 0 Å². The zero-order chi connectivity index (χ0) is 15.1. The summed E-state index contributed by atoms with van der Waals surface area (Å²) in [5.41, 5.74) is 6.56. The molecule has 0 aliphatic heterocycles. The monoisotopic (exact) mass is 279 g/mol. The minimum Gasteiger partial charge on any atom is -0.481 e. The average Bonchev–Trinajstić information content (AvgIpc) is 2.42. The van der Waals surface area contributed by atoms with Gasteiger partial charge in [-0.15, -0.1) is 0 Å². The molecule has 20 heavy (non-hydrogen) atoms. The molecule has 0 radical (unpaired) electrons. The summed E-state index contributed by atoms with van der Waals surface area (Å²) in [5.74, 6) is -1.19. The molecule has 1 rings (SSSR count). The summed E-state index contributed by atoms with van der Waals surface area (Å²) in [6.07, 6.45) is 1.70. The molecule has 0 saturated heterocycles. The summed E-state index contributed by atoms with van der Waals surface area (Å²) in [4.78, 5) is 28.6. The number of aliphatic carboxylic acids is 1. The normalized spacial score (nSPS) is 12.2. The number of rotatable bonds is 7. The van der Waals surface area contributed by atoms with E-state index in [0.29, 0.717) is 6.54 Å². The molecule has 0 aliphatic carbocycles. The minimum absolute atomic E-state index is 0.0274. The van der Waals surface area contributed by atoms with Gasteiger partial charge in [0.15, 0.2) is 0 Å². The van der Waals surface area contributed by atoms with E-state index in [2.05, 4.69) is 4.98 Å². The molecule has 6 heteroatoms. The molecule has 0 saturated carbocycles. The average molecular weight is 279 g/mol. The molecule has 1 amide bonds. The van der Waals surface area contributed by atoms with Crippen LogP contribution in [-0.4, -0.2) is 39.0 Å². The predicted molar refractivity (Wildman–Crippen MR) is 74.8 cm³/mol. The van der Waals surface area contributed by atoms with Gasteiger partial charge in [0.05, 0.1) is 18.3 Å². The zero-order valence-corrected chi connectivity index (χ0v) is 11.8. The first-order chi connectivity index (χ1) is 9.41. The highest BCUT2D eigenvalue weighted by Crippen LogP contribution is 2.10. The van der Waals surface area contributed by atoms with E-state index in [-0.39, 0.29) is 24.8 Å².